The van der Waals surface area contributed by atoms with Crippen molar-refractivity contribution < 1.29 is 47.9 Å². The standard InChI is InChI=1S/C49H60ClFN2O9S/c1-3-26-59-49-44(53(48(56)58-28-23-50)32-33-13-15-35(51)16-14-33)31-42(52-62-45-12-6-9-27-57-45)40-29-34(10-4-7-24-54)39(11-5-8-25-55)46(47(40)49)41-30-37(19-22-43(41)61-49)60-36-17-20-38(63-2)21-18-36/h3,13-22,29-30,34,39,44-47,54-55H,1,4-12,23-28,31-32H2,2H3. The number of carbonyl (C=O) groups excluding carboxylic acids is 1. The highest BCUT2D eigenvalue weighted by Crippen LogP contribution is 2.62. The van der Waals surface area contributed by atoms with Gasteiger partial charge in [0.05, 0.1) is 30.7 Å². The number of fused-ring (bicyclic) bond motifs is 2. The highest BCUT2D eigenvalue weighted by atomic mass is 35.5. The molecule has 1 amide bonds. The average Bonchev–Trinajstić information content (AvgIpc) is 3.31. The molecule has 3 aromatic carbocycles. The van der Waals surface area contributed by atoms with Gasteiger partial charge < -0.3 is 38.7 Å². The molecule has 0 radical (unpaired) electrons. The number of benzene rings is 3. The summed E-state index contributed by atoms with van der Waals surface area (Å²) in [7, 11) is 0. The zero-order chi connectivity index (χ0) is 44.2. The quantitative estimate of drug-likeness (QED) is 0.0351. The summed E-state index contributed by atoms with van der Waals surface area (Å²) in [5, 5.41) is 24.9. The Morgan fingerprint density at radius 2 is 1.79 bits per heavy atom. The lowest BCUT2D eigenvalue weighted by molar-refractivity contribution is -0.256. The summed E-state index contributed by atoms with van der Waals surface area (Å²) < 4.78 is 47.0. The summed E-state index contributed by atoms with van der Waals surface area (Å²) >= 11 is 7.75. The van der Waals surface area contributed by atoms with Crippen molar-refractivity contribution >= 4 is 35.2 Å². The maximum absolute atomic E-state index is 14.5. The lowest BCUT2D eigenvalue weighted by Crippen LogP contribution is -2.70. The van der Waals surface area contributed by atoms with Gasteiger partial charge in [-0.25, -0.2) is 9.18 Å². The zero-order valence-corrected chi connectivity index (χ0v) is 37.6. The molecule has 7 unspecified atom stereocenters. The molecule has 2 heterocycles. The first-order chi connectivity index (χ1) is 30.8. The van der Waals surface area contributed by atoms with E-state index in [1.165, 1.54) is 12.1 Å². The van der Waals surface area contributed by atoms with Crippen LogP contribution in [0.1, 0.15) is 81.3 Å². The van der Waals surface area contributed by atoms with Crippen LogP contribution in [0.3, 0.4) is 0 Å². The number of thioether (sulfide) groups is 1. The van der Waals surface area contributed by atoms with Crippen LogP contribution in [0.25, 0.3) is 0 Å². The Hall–Kier alpha value is -4.11. The molecule has 2 fully saturated rings. The average molecular weight is 908 g/mol. The van der Waals surface area contributed by atoms with Gasteiger partial charge in [0.1, 0.15) is 35.7 Å². The van der Waals surface area contributed by atoms with E-state index in [1.807, 2.05) is 42.7 Å². The Balaban J connectivity index is 1.44. The summed E-state index contributed by atoms with van der Waals surface area (Å²) in [6, 6.07) is 19.0. The smallest absolute Gasteiger partial charge is 0.410 e. The van der Waals surface area contributed by atoms with E-state index >= 15 is 0 Å². The molecule has 0 bridgehead atoms. The number of unbranched alkanes of at least 4 members (excludes halogenated alkanes) is 2. The minimum atomic E-state index is -1.53. The van der Waals surface area contributed by atoms with Gasteiger partial charge in [-0.3, -0.25) is 4.90 Å². The van der Waals surface area contributed by atoms with E-state index in [0.717, 1.165) is 54.6 Å². The van der Waals surface area contributed by atoms with E-state index in [0.29, 0.717) is 54.4 Å². The summed E-state index contributed by atoms with van der Waals surface area (Å²) in [5.41, 5.74) is 3.11. The molecule has 14 heteroatoms. The predicted molar refractivity (Wildman–Crippen MR) is 242 cm³/mol. The number of amides is 1. The zero-order valence-electron chi connectivity index (χ0n) is 36.0. The molecule has 7 rings (SSSR count). The summed E-state index contributed by atoms with van der Waals surface area (Å²) in [5.74, 6) is -0.716. The van der Waals surface area contributed by atoms with E-state index in [4.69, 9.17) is 45.3 Å². The van der Waals surface area contributed by atoms with Gasteiger partial charge in [-0.1, -0.05) is 42.3 Å². The maximum Gasteiger partial charge on any atom is 0.410 e. The van der Waals surface area contributed by atoms with Crippen LogP contribution in [0.2, 0.25) is 0 Å². The van der Waals surface area contributed by atoms with E-state index in [1.54, 1.807) is 34.9 Å². The van der Waals surface area contributed by atoms with Gasteiger partial charge in [0, 0.05) is 49.0 Å². The number of oxime groups is 1. The highest BCUT2D eigenvalue weighted by molar-refractivity contribution is 7.98. The Labute approximate surface area is 379 Å². The SMILES string of the molecule is C=CCOC12Oc3ccc(Oc4ccc(SC)cc4)cc3C3C(CCCCO)C(CCCCO)C=C(C(=NOC4CCCCO4)CC1N(Cc1ccc(F)cc1)C(=O)OCCCl)C32. The minimum absolute atomic E-state index is 0.00538. The van der Waals surface area contributed by atoms with Crippen LogP contribution in [0, 0.1) is 23.6 Å². The molecule has 2 aliphatic heterocycles. The van der Waals surface area contributed by atoms with Gasteiger partial charge in [0.15, 0.2) is 0 Å². The number of carbonyl (C=O) groups is 1. The van der Waals surface area contributed by atoms with Crippen molar-refractivity contribution in [3.63, 3.8) is 0 Å². The Bertz CT molecular complexity index is 2030. The van der Waals surface area contributed by atoms with Gasteiger partial charge in [-0.05, 0) is 122 Å². The molecule has 4 aliphatic rings. The number of aliphatic hydroxyl groups is 2. The summed E-state index contributed by atoms with van der Waals surface area (Å²) in [6.07, 6.45) is 12.0. The van der Waals surface area contributed by atoms with Crippen molar-refractivity contribution in [3.8, 4) is 17.2 Å². The third-order valence-electron chi connectivity index (χ3n) is 12.5. The van der Waals surface area contributed by atoms with Crippen LogP contribution < -0.4 is 9.47 Å². The first kappa shape index (κ1) is 46.9. The molecule has 2 N–H and O–H groups in total. The van der Waals surface area contributed by atoms with Gasteiger partial charge in [-0.2, -0.15) is 0 Å². The first-order valence-electron chi connectivity index (χ1n) is 22.2. The molecule has 1 saturated carbocycles. The third-order valence-corrected chi connectivity index (χ3v) is 13.4. The second-order valence-corrected chi connectivity index (χ2v) is 17.8. The minimum Gasteiger partial charge on any atom is -0.459 e. The summed E-state index contributed by atoms with van der Waals surface area (Å²) in [6.45, 7) is 4.83. The van der Waals surface area contributed by atoms with E-state index in [2.05, 4.69) is 18.7 Å². The fraction of sp³-hybridized carbons (Fsp3) is 0.510. The Morgan fingerprint density at radius 3 is 2.49 bits per heavy atom. The first-order valence-corrected chi connectivity index (χ1v) is 24.0. The number of aliphatic hydroxyl groups excluding tert-OH is 2. The van der Waals surface area contributed by atoms with Crippen molar-refractivity contribution in [3.05, 3.63) is 108 Å². The number of halogens is 2. The van der Waals surface area contributed by atoms with Gasteiger partial charge in [-0.15, -0.1) is 29.9 Å². The van der Waals surface area contributed by atoms with Gasteiger partial charge >= 0.3 is 6.09 Å². The molecule has 0 spiro atoms. The lowest BCUT2D eigenvalue weighted by atomic mass is 9.55. The summed E-state index contributed by atoms with van der Waals surface area (Å²) in [4.78, 5) is 23.5. The van der Waals surface area contributed by atoms with Crippen LogP contribution in [0.5, 0.6) is 17.2 Å². The Kier molecular flexibility index (Phi) is 16.9. The lowest BCUT2D eigenvalue weighted by Gasteiger charge is -2.59. The van der Waals surface area contributed by atoms with E-state index in [-0.39, 0.29) is 63.0 Å². The molecular weight excluding hydrogens is 847 g/mol. The van der Waals surface area contributed by atoms with Crippen LogP contribution in [0.15, 0.2) is 101 Å². The maximum atomic E-state index is 14.5. The monoisotopic (exact) mass is 906 g/mol. The number of alkyl halides is 1. The largest absolute Gasteiger partial charge is 0.459 e. The number of hydrogen-bond acceptors (Lipinski definition) is 11. The van der Waals surface area contributed by atoms with Crippen molar-refractivity contribution in [1.82, 2.24) is 4.90 Å². The van der Waals surface area contributed by atoms with E-state index < -0.39 is 35.9 Å². The van der Waals surface area contributed by atoms with Crippen LogP contribution >= 0.6 is 23.4 Å². The molecular formula is C49H60ClFN2O9S. The highest BCUT2D eigenvalue weighted by Gasteiger charge is 2.65. The number of ether oxygens (including phenoxy) is 5. The van der Waals surface area contributed by atoms with E-state index in [9.17, 15) is 19.4 Å². The normalized spacial score (nSPS) is 25.5. The fourth-order valence-electron chi connectivity index (χ4n) is 9.71. The molecule has 340 valence electrons. The van der Waals surface area contributed by atoms with Crippen molar-refractivity contribution in [2.24, 2.45) is 22.9 Å². The number of hydrogen-bond donors (Lipinski definition) is 2. The molecule has 7 atom stereocenters. The molecule has 3 aromatic rings. The van der Waals surface area contributed by atoms with Crippen LogP contribution in [-0.2, 0) is 25.6 Å². The van der Waals surface area contributed by atoms with Crippen LogP contribution in [0.4, 0.5) is 9.18 Å². The molecule has 0 aromatic heterocycles. The second-order valence-electron chi connectivity index (χ2n) is 16.5. The van der Waals surface area contributed by atoms with Crippen molar-refractivity contribution in [2.75, 3.05) is 45.2 Å². The fourth-order valence-corrected chi connectivity index (χ4v) is 10.2. The number of rotatable bonds is 21. The van der Waals surface area contributed by atoms with Crippen LogP contribution in [-0.4, -0.2) is 90.2 Å². The Morgan fingerprint density at radius 1 is 1.03 bits per heavy atom. The number of allylic oxidation sites excluding steroid dienone is 1. The van der Waals surface area contributed by atoms with Gasteiger partial charge in [0.25, 0.3) is 0 Å². The molecule has 2 aliphatic carbocycles. The van der Waals surface area contributed by atoms with Crippen molar-refractivity contribution in [2.45, 2.75) is 99.7 Å². The molecule has 1 saturated heterocycles. The topological polar surface area (TPSA) is 129 Å². The third kappa shape index (κ3) is 11.1. The predicted octanol–water partition coefficient (Wildman–Crippen LogP) is 10.4. The molecule has 11 nitrogen and oxygen atoms in total. The molecule has 63 heavy (non-hydrogen) atoms. The second kappa shape index (κ2) is 22.7. The number of nitrogens with zero attached hydrogens (tertiary/aromatic N) is 2. The van der Waals surface area contributed by atoms with Crippen molar-refractivity contribution in [1.29, 1.82) is 0 Å². The van der Waals surface area contributed by atoms with Gasteiger partial charge in [0.2, 0.25) is 12.1 Å².